The minimum Gasteiger partial charge on any atom is -0.478 e. The van der Waals surface area contributed by atoms with Gasteiger partial charge in [-0.2, -0.15) is 0 Å². The molecule has 0 amide bonds. The van der Waals surface area contributed by atoms with Gasteiger partial charge in [-0.05, 0) is 18.1 Å². The molecule has 1 rings (SSSR count). The van der Waals surface area contributed by atoms with Crippen LogP contribution in [0.2, 0.25) is 0 Å². The monoisotopic (exact) mass is 235 g/mol. The zero-order valence-electron chi connectivity index (χ0n) is 8.71. The second-order valence-corrected chi connectivity index (χ2v) is 3.17. The summed E-state index contributed by atoms with van der Waals surface area (Å²) in [5.41, 5.74) is -0.206. The molecule has 0 heterocycles. The molecule has 2 N–H and O–H groups in total. The Morgan fingerprint density at radius 2 is 1.94 bits per heavy atom. The molecule has 0 aliphatic heterocycles. The van der Waals surface area contributed by atoms with Gasteiger partial charge in [-0.3, -0.25) is 0 Å². The Balaban J connectivity index is 3.20. The molecule has 6 nitrogen and oxygen atoms in total. The molecule has 0 aliphatic rings. The molecule has 0 fully saturated rings. The number of rotatable bonds is 5. The van der Waals surface area contributed by atoms with Crippen LogP contribution in [0.15, 0.2) is 23.2 Å². The van der Waals surface area contributed by atoms with E-state index in [0.29, 0.717) is 5.56 Å². The highest BCUT2D eigenvalue weighted by Gasteiger charge is 2.19. The number of carbonyl (C=O) groups excluding carboxylic acids is 1. The summed E-state index contributed by atoms with van der Waals surface area (Å²) in [6.45, 7) is 0.0762. The van der Waals surface area contributed by atoms with Gasteiger partial charge in [-0.1, -0.05) is 12.1 Å². The first kappa shape index (κ1) is 12.6. The quantitative estimate of drug-likeness (QED) is 0.584. The van der Waals surface area contributed by atoms with E-state index in [4.69, 9.17) is 10.2 Å². The summed E-state index contributed by atoms with van der Waals surface area (Å²) in [6.07, 6.45) is 1.51. The Bertz CT molecular complexity index is 503. The van der Waals surface area contributed by atoms with Gasteiger partial charge in [-0.25, -0.2) is 19.4 Å². The van der Waals surface area contributed by atoms with Crippen molar-refractivity contribution in [1.82, 2.24) is 0 Å². The van der Waals surface area contributed by atoms with Crippen molar-refractivity contribution in [3.63, 3.8) is 0 Å². The highest BCUT2D eigenvalue weighted by molar-refractivity contribution is 6.02. The number of benzene rings is 1. The second-order valence-electron chi connectivity index (χ2n) is 3.17. The predicted octanol–water partition coefficient (Wildman–Crippen LogP) is 0.961. The van der Waals surface area contributed by atoms with Crippen LogP contribution in [0.3, 0.4) is 0 Å². The Hall–Kier alpha value is -2.46. The van der Waals surface area contributed by atoms with Gasteiger partial charge in [0.1, 0.15) is 0 Å². The van der Waals surface area contributed by atoms with Crippen molar-refractivity contribution < 1.29 is 24.6 Å². The molecule has 0 spiro atoms. The number of aliphatic imine (C=N–C) groups is 1. The molecule has 88 valence electrons. The maximum Gasteiger partial charge on any atom is 0.336 e. The first-order valence-electron chi connectivity index (χ1n) is 4.70. The Morgan fingerprint density at radius 3 is 2.47 bits per heavy atom. The Morgan fingerprint density at radius 1 is 1.24 bits per heavy atom. The topological polar surface area (TPSA) is 104 Å². The third-order valence-electron chi connectivity index (χ3n) is 2.15. The maximum atomic E-state index is 11.0. The number of isocyanates is 1. The summed E-state index contributed by atoms with van der Waals surface area (Å²) in [7, 11) is 0. The molecule has 0 bridgehead atoms. The molecule has 0 atom stereocenters. The lowest BCUT2D eigenvalue weighted by molar-refractivity contribution is 0.0650. The average molecular weight is 235 g/mol. The van der Waals surface area contributed by atoms with Crippen molar-refractivity contribution in [1.29, 1.82) is 0 Å². The van der Waals surface area contributed by atoms with E-state index < -0.39 is 11.9 Å². The predicted molar refractivity (Wildman–Crippen MR) is 57.1 cm³/mol. The number of nitrogens with zero attached hydrogens (tertiary/aromatic N) is 1. The van der Waals surface area contributed by atoms with Crippen LogP contribution in [-0.2, 0) is 11.2 Å². The van der Waals surface area contributed by atoms with Gasteiger partial charge in [0.05, 0.1) is 17.7 Å². The smallest absolute Gasteiger partial charge is 0.336 e. The fraction of sp³-hybridized carbons (Fsp3) is 0.182. The lowest BCUT2D eigenvalue weighted by Crippen LogP contribution is -2.12. The lowest BCUT2D eigenvalue weighted by Gasteiger charge is -2.07. The van der Waals surface area contributed by atoms with E-state index in [9.17, 15) is 14.4 Å². The summed E-state index contributed by atoms with van der Waals surface area (Å²) >= 11 is 0. The number of hydrogen-bond acceptors (Lipinski definition) is 4. The molecule has 0 aliphatic carbocycles. The van der Waals surface area contributed by atoms with E-state index in [2.05, 4.69) is 4.99 Å². The van der Waals surface area contributed by atoms with E-state index in [1.807, 2.05) is 0 Å². The summed E-state index contributed by atoms with van der Waals surface area (Å²) < 4.78 is 0. The van der Waals surface area contributed by atoms with E-state index in [0.717, 1.165) is 0 Å². The summed E-state index contributed by atoms with van der Waals surface area (Å²) in [6, 6.07) is 4.17. The van der Waals surface area contributed by atoms with Gasteiger partial charge < -0.3 is 10.2 Å². The normalized spacial score (nSPS) is 9.41. The molecule has 1 aromatic rings. The largest absolute Gasteiger partial charge is 0.478 e. The van der Waals surface area contributed by atoms with Crippen LogP contribution >= 0.6 is 0 Å². The molecule has 6 heteroatoms. The molecular formula is C11H9NO5. The molecular weight excluding hydrogens is 226 g/mol. The Labute approximate surface area is 96.2 Å². The standard InChI is InChI=1S/C11H9NO5/c13-6-12-5-4-7-2-1-3-8(10(14)15)9(7)11(16)17/h1-3H,4-5H2,(H,14,15)(H,16,17). The molecule has 1 aromatic carbocycles. The van der Waals surface area contributed by atoms with Crippen molar-refractivity contribution in [2.24, 2.45) is 4.99 Å². The van der Waals surface area contributed by atoms with Crippen molar-refractivity contribution in [2.75, 3.05) is 6.54 Å². The highest BCUT2D eigenvalue weighted by Crippen LogP contribution is 2.16. The van der Waals surface area contributed by atoms with Crippen LogP contribution in [0, 0.1) is 0 Å². The van der Waals surface area contributed by atoms with E-state index in [1.54, 1.807) is 0 Å². The lowest BCUT2D eigenvalue weighted by atomic mass is 9.99. The molecule has 0 saturated heterocycles. The highest BCUT2D eigenvalue weighted by atomic mass is 16.4. The second kappa shape index (κ2) is 5.58. The number of hydrogen-bond donors (Lipinski definition) is 2. The Kier molecular flexibility index (Phi) is 4.14. The molecule has 0 aromatic heterocycles. The molecule has 0 unspecified atom stereocenters. The van der Waals surface area contributed by atoms with E-state index in [-0.39, 0.29) is 24.1 Å². The third kappa shape index (κ3) is 2.99. The van der Waals surface area contributed by atoms with Crippen LogP contribution in [0.1, 0.15) is 26.3 Å². The van der Waals surface area contributed by atoms with Gasteiger partial charge >= 0.3 is 11.9 Å². The van der Waals surface area contributed by atoms with Crippen LogP contribution in [-0.4, -0.2) is 34.8 Å². The minimum absolute atomic E-state index is 0.0762. The molecule has 17 heavy (non-hydrogen) atoms. The van der Waals surface area contributed by atoms with E-state index >= 15 is 0 Å². The number of aromatic carboxylic acids is 2. The summed E-state index contributed by atoms with van der Waals surface area (Å²) in [4.78, 5) is 35.1. The van der Waals surface area contributed by atoms with Crippen molar-refractivity contribution in [3.05, 3.63) is 34.9 Å². The molecule has 0 saturated carbocycles. The first-order chi connectivity index (χ1) is 8.07. The fourth-order valence-electron chi connectivity index (χ4n) is 1.46. The number of carboxylic acids is 2. The van der Waals surface area contributed by atoms with E-state index in [1.165, 1.54) is 24.3 Å². The van der Waals surface area contributed by atoms with Gasteiger partial charge in [0.2, 0.25) is 6.08 Å². The number of carboxylic acid groups (broad SMARTS) is 2. The summed E-state index contributed by atoms with van der Waals surface area (Å²) in [5.74, 6) is -2.61. The van der Waals surface area contributed by atoms with Crippen LogP contribution in [0.4, 0.5) is 0 Å². The SMILES string of the molecule is O=C=NCCc1cccc(C(=O)O)c1C(=O)O. The third-order valence-corrected chi connectivity index (χ3v) is 2.15. The van der Waals surface area contributed by atoms with Gasteiger partial charge in [0, 0.05) is 0 Å². The fourth-order valence-corrected chi connectivity index (χ4v) is 1.46. The van der Waals surface area contributed by atoms with Gasteiger partial charge in [-0.15, -0.1) is 0 Å². The zero-order valence-corrected chi connectivity index (χ0v) is 8.71. The number of carbonyl (C=O) groups is 2. The minimum atomic E-state index is -1.31. The van der Waals surface area contributed by atoms with Crippen molar-refractivity contribution in [2.45, 2.75) is 6.42 Å². The first-order valence-corrected chi connectivity index (χ1v) is 4.70. The average Bonchev–Trinajstić information content (AvgIpc) is 2.28. The van der Waals surface area contributed by atoms with Gasteiger partial charge in [0.25, 0.3) is 0 Å². The van der Waals surface area contributed by atoms with Crippen LogP contribution in [0.5, 0.6) is 0 Å². The van der Waals surface area contributed by atoms with Crippen molar-refractivity contribution >= 4 is 18.0 Å². The van der Waals surface area contributed by atoms with Crippen molar-refractivity contribution in [3.8, 4) is 0 Å². The van der Waals surface area contributed by atoms with Crippen LogP contribution < -0.4 is 0 Å². The zero-order chi connectivity index (χ0) is 12.8. The van der Waals surface area contributed by atoms with Crippen LogP contribution in [0.25, 0.3) is 0 Å². The summed E-state index contributed by atoms with van der Waals surface area (Å²) in [5, 5.41) is 17.8. The maximum absolute atomic E-state index is 11.0. The molecule has 0 radical (unpaired) electrons. The van der Waals surface area contributed by atoms with Gasteiger partial charge in [0.15, 0.2) is 0 Å².